The minimum absolute atomic E-state index is 0.161. The van der Waals surface area contributed by atoms with Crippen molar-refractivity contribution >= 4 is 23.3 Å². The van der Waals surface area contributed by atoms with Gasteiger partial charge >= 0.3 is 5.97 Å². The fourth-order valence-corrected chi connectivity index (χ4v) is 2.86. The molecule has 7 nitrogen and oxygen atoms in total. The molecule has 0 bridgehead atoms. The maximum absolute atomic E-state index is 12.8. The minimum Gasteiger partial charge on any atom is -0.491 e. The molecule has 0 spiro atoms. The van der Waals surface area contributed by atoms with Crippen molar-refractivity contribution < 1.29 is 19.1 Å². The topological polar surface area (TPSA) is 94.8 Å². The van der Waals surface area contributed by atoms with E-state index < -0.39 is 5.97 Å². The number of hydrogen-bond acceptors (Lipinski definition) is 6. The lowest BCUT2D eigenvalue weighted by molar-refractivity contribution is 0.0600. The van der Waals surface area contributed by atoms with Crippen molar-refractivity contribution in [3.8, 4) is 5.75 Å². The van der Waals surface area contributed by atoms with Crippen LogP contribution >= 0.6 is 0 Å². The minimum atomic E-state index is -0.423. The van der Waals surface area contributed by atoms with E-state index in [0.29, 0.717) is 41.3 Å². The zero-order valence-corrected chi connectivity index (χ0v) is 16.9. The van der Waals surface area contributed by atoms with E-state index in [1.807, 2.05) is 24.3 Å². The first kappa shape index (κ1) is 20.9. The van der Waals surface area contributed by atoms with Crippen LogP contribution < -0.4 is 15.4 Å². The molecule has 1 amide bonds. The number of nitrogens with two attached hydrogens (primary N) is 1. The highest BCUT2D eigenvalue weighted by molar-refractivity contribution is 6.06. The van der Waals surface area contributed by atoms with E-state index >= 15 is 0 Å². The standard InChI is InChI=1S/C23H23N3O4/c1-26(22(27)16-7-10-18(24)11-8-16)20-5-3-4-6-21(20)30-14-13-19-12-9-17(15-25-19)23(28)29-2/h3-12,15H,13-14,24H2,1-2H3. The normalized spacial score (nSPS) is 10.3. The highest BCUT2D eigenvalue weighted by Crippen LogP contribution is 2.28. The Morgan fingerprint density at radius 3 is 2.37 bits per heavy atom. The van der Waals surface area contributed by atoms with Gasteiger partial charge in [0.15, 0.2) is 0 Å². The van der Waals surface area contributed by atoms with Gasteiger partial charge in [0.05, 0.1) is 25.0 Å². The Morgan fingerprint density at radius 1 is 1.00 bits per heavy atom. The molecule has 3 rings (SSSR count). The molecule has 2 aromatic carbocycles. The van der Waals surface area contributed by atoms with E-state index in [9.17, 15) is 9.59 Å². The van der Waals surface area contributed by atoms with Crippen LogP contribution in [-0.4, -0.2) is 37.6 Å². The van der Waals surface area contributed by atoms with Crippen molar-refractivity contribution in [1.82, 2.24) is 4.98 Å². The number of hydrogen-bond donors (Lipinski definition) is 1. The largest absolute Gasteiger partial charge is 0.491 e. The Balaban J connectivity index is 1.65. The molecule has 0 aliphatic carbocycles. The average Bonchev–Trinajstić information content (AvgIpc) is 2.79. The number of carbonyl (C=O) groups is 2. The van der Waals surface area contributed by atoms with Crippen molar-refractivity contribution in [1.29, 1.82) is 0 Å². The summed E-state index contributed by atoms with van der Waals surface area (Å²) < 4.78 is 10.6. The van der Waals surface area contributed by atoms with Gasteiger partial charge in [-0.3, -0.25) is 9.78 Å². The van der Waals surface area contributed by atoms with Gasteiger partial charge in [0, 0.05) is 36.6 Å². The number of benzene rings is 2. The molecule has 7 heteroatoms. The summed E-state index contributed by atoms with van der Waals surface area (Å²) >= 11 is 0. The Labute approximate surface area is 175 Å². The summed E-state index contributed by atoms with van der Waals surface area (Å²) in [7, 11) is 3.03. The van der Waals surface area contributed by atoms with Crippen LogP contribution in [0.3, 0.4) is 0 Å². The Morgan fingerprint density at radius 2 is 1.70 bits per heavy atom. The SMILES string of the molecule is COC(=O)c1ccc(CCOc2ccccc2N(C)C(=O)c2ccc(N)cc2)nc1. The third-order valence-corrected chi connectivity index (χ3v) is 4.55. The number of aromatic nitrogens is 1. The molecule has 0 saturated heterocycles. The van der Waals surface area contributed by atoms with Crippen LogP contribution in [0.2, 0.25) is 0 Å². The fourth-order valence-electron chi connectivity index (χ4n) is 2.86. The first-order valence-corrected chi connectivity index (χ1v) is 9.38. The monoisotopic (exact) mass is 405 g/mol. The van der Waals surface area contributed by atoms with Gasteiger partial charge < -0.3 is 20.1 Å². The molecule has 0 saturated carbocycles. The second-order valence-electron chi connectivity index (χ2n) is 6.58. The smallest absolute Gasteiger partial charge is 0.339 e. The summed E-state index contributed by atoms with van der Waals surface area (Å²) in [5.41, 5.74) is 8.68. The highest BCUT2D eigenvalue weighted by atomic mass is 16.5. The molecule has 0 fully saturated rings. The molecule has 1 heterocycles. The number of anilines is 2. The van der Waals surface area contributed by atoms with Crippen molar-refractivity contribution in [2.24, 2.45) is 0 Å². The summed E-state index contributed by atoms with van der Waals surface area (Å²) in [5, 5.41) is 0. The van der Waals surface area contributed by atoms with Crippen LogP contribution in [0.5, 0.6) is 5.75 Å². The van der Waals surface area contributed by atoms with E-state index in [0.717, 1.165) is 5.69 Å². The van der Waals surface area contributed by atoms with Crippen LogP contribution in [0.25, 0.3) is 0 Å². The quantitative estimate of drug-likeness (QED) is 0.478. The average molecular weight is 405 g/mol. The fraction of sp³-hybridized carbons (Fsp3) is 0.174. The Kier molecular flexibility index (Phi) is 6.64. The third kappa shape index (κ3) is 4.94. The van der Waals surface area contributed by atoms with E-state index in [1.165, 1.54) is 13.3 Å². The third-order valence-electron chi connectivity index (χ3n) is 4.55. The van der Waals surface area contributed by atoms with Crippen molar-refractivity contribution in [2.75, 3.05) is 31.4 Å². The lowest BCUT2D eigenvalue weighted by Gasteiger charge is -2.21. The van der Waals surface area contributed by atoms with E-state index in [-0.39, 0.29) is 5.91 Å². The number of ether oxygens (including phenoxy) is 2. The molecule has 1 aromatic heterocycles. The predicted molar refractivity (Wildman–Crippen MR) is 115 cm³/mol. The summed E-state index contributed by atoms with van der Waals surface area (Å²) in [6, 6.07) is 17.6. The summed E-state index contributed by atoms with van der Waals surface area (Å²) in [6.45, 7) is 0.367. The highest BCUT2D eigenvalue weighted by Gasteiger charge is 2.17. The van der Waals surface area contributed by atoms with Crippen LogP contribution in [0.15, 0.2) is 66.9 Å². The van der Waals surface area contributed by atoms with Crippen LogP contribution in [-0.2, 0) is 11.2 Å². The molecule has 30 heavy (non-hydrogen) atoms. The molecule has 0 radical (unpaired) electrons. The molecule has 2 N–H and O–H groups in total. The van der Waals surface area contributed by atoms with E-state index in [4.69, 9.17) is 10.5 Å². The van der Waals surface area contributed by atoms with Crippen LogP contribution in [0, 0.1) is 0 Å². The zero-order valence-electron chi connectivity index (χ0n) is 16.9. The number of amides is 1. The number of carbonyl (C=O) groups excluding carboxylic acids is 2. The zero-order chi connectivity index (χ0) is 21.5. The number of nitrogens with zero attached hydrogens (tertiary/aromatic N) is 2. The second kappa shape index (κ2) is 9.56. The number of esters is 1. The maximum atomic E-state index is 12.8. The number of rotatable bonds is 7. The lowest BCUT2D eigenvalue weighted by Crippen LogP contribution is -2.26. The number of nitrogen functional groups attached to an aromatic ring is 1. The van der Waals surface area contributed by atoms with Gasteiger partial charge in [0.2, 0.25) is 0 Å². The molecular formula is C23H23N3O4. The lowest BCUT2D eigenvalue weighted by atomic mass is 10.1. The van der Waals surface area contributed by atoms with Crippen molar-refractivity contribution in [3.63, 3.8) is 0 Å². The molecular weight excluding hydrogens is 382 g/mol. The van der Waals surface area contributed by atoms with Crippen molar-refractivity contribution in [2.45, 2.75) is 6.42 Å². The first-order chi connectivity index (χ1) is 14.5. The Hall–Kier alpha value is -3.87. The number of pyridine rings is 1. The van der Waals surface area contributed by atoms with Gasteiger partial charge in [-0.1, -0.05) is 12.1 Å². The van der Waals surface area contributed by atoms with Gasteiger partial charge in [-0.25, -0.2) is 4.79 Å². The second-order valence-corrected chi connectivity index (χ2v) is 6.58. The molecule has 3 aromatic rings. The van der Waals surface area contributed by atoms with Gasteiger partial charge in [-0.15, -0.1) is 0 Å². The van der Waals surface area contributed by atoms with Gasteiger partial charge in [-0.05, 0) is 48.5 Å². The van der Waals surface area contributed by atoms with Gasteiger partial charge in [0.25, 0.3) is 5.91 Å². The molecule has 0 atom stereocenters. The predicted octanol–water partition coefficient (Wildman–Crippen LogP) is 3.35. The van der Waals surface area contributed by atoms with Gasteiger partial charge in [-0.2, -0.15) is 0 Å². The first-order valence-electron chi connectivity index (χ1n) is 9.38. The summed E-state index contributed by atoms with van der Waals surface area (Å²) in [6.07, 6.45) is 2.03. The number of para-hydroxylation sites is 2. The van der Waals surface area contributed by atoms with E-state index in [1.54, 1.807) is 48.3 Å². The summed E-state index contributed by atoms with van der Waals surface area (Å²) in [4.78, 5) is 30.1. The molecule has 0 aliphatic heterocycles. The van der Waals surface area contributed by atoms with Crippen LogP contribution in [0.1, 0.15) is 26.4 Å². The summed E-state index contributed by atoms with van der Waals surface area (Å²) in [5.74, 6) is 0.00845. The molecule has 0 unspecified atom stereocenters. The van der Waals surface area contributed by atoms with E-state index in [2.05, 4.69) is 9.72 Å². The van der Waals surface area contributed by atoms with Crippen molar-refractivity contribution in [3.05, 3.63) is 83.7 Å². The molecule has 0 aliphatic rings. The Bertz CT molecular complexity index is 1020. The maximum Gasteiger partial charge on any atom is 0.339 e. The van der Waals surface area contributed by atoms with Crippen LogP contribution in [0.4, 0.5) is 11.4 Å². The number of methoxy groups -OCH3 is 1. The molecule has 154 valence electrons. The van der Waals surface area contributed by atoms with Gasteiger partial charge in [0.1, 0.15) is 5.75 Å².